The summed E-state index contributed by atoms with van der Waals surface area (Å²) in [5.41, 5.74) is -0.315. The van der Waals surface area contributed by atoms with Gasteiger partial charge in [0.2, 0.25) is 0 Å². The highest BCUT2D eigenvalue weighted by atomic mass is 28.3. The SMILES string of the molecule is C[Si](C)(C)CC1(C(=O)O)CCC1. The molecule has 1 saturated carbocycles. The molecular formula is C9H18O2Si. The van der Waals surface area contributed by atoms with Crippen LogP contribution in [-0.4, -0.2) is 19.1 Å². The molecule has 0 spiro atoms. The molecule has 1 aliphatic carbocycles. The van der Waals surface area contributed by atoms with Gasteiger partial charge in [0, 0.05) is 8.07 Å². The van der Waals surface area contributed by atoms with Gasteiger partial charge in [-0.05, 0) is 18.9 Å². The lowest BCUT2D eigenvalue weighted by Gasteiger charge is -2.41. The van der Waals surface area contributed by atoms with Crippen molar-refractivity contribution in [1.29, 1.82) is 0 Å². The molecule has 0 saturated heterocycles. The molecule has 1 rings (SSSR count). The molecule has 0 aromatic carbocycles. The van der Waals surface area contributed by atoms with Crippen LogP contribution < -0.4 is 0 Å². The number of carboxylic acids is 1. The van der Waals surface area contributed by atoms with E-state index in [1.54, 1.807) is 0 Å². The van der Waals surface area contributed by atoms with E-state index in [0.29, 0.717) is 0 Å². The monoisotopic (exact) mass is 186 g/mol. The molecule has 0 atom stereocenters. The van der Waals surface area contributed by atoms with Gasteiger partial charge < -0.3 is 5.11 Å². The summed E-state index contributed by atoms with van der Waals surface area (Å²) >= 11 is 0. The van der Waals surface area contributed by atoms with Crippen LogP contribution in [0.2, 0.25) is 25.7 Å². The van der Waals surface area contributed by atoms with Crippen molar-refractivity contribution in [3.8, 4) is 0 Å². The van der Waals surface area contributed by atoms with Gasteiger partial charge in [-0.2, -0.15) is 0 Å². The number of carbonyl (C=O) groups is 1. The first-order chi connectivity index (χ1) is 5.36. The zero-order chi connectivity index (χ0) is 9.41. The summed E-state index contributed by atoms with van der Waals surface area (Å²) in [5, 5.41) is 9.07. The Balaban J connectivity index is 2.63. The van der Waals surface area contributed by atoms with Crippen molar-refractivity contribution in [3.05, 3.63) is 0 Å². The molecule has 2 nitrogen and oxygen atoms in total. The first kappa shape index (κ1) is 9.77. The van der Waals surface area contributed by atoms with Gasteiger partial charge in [-0.3, -0.25) is 4.79 Å². The predicted molar refractivity (Wildman–Crippen MR) is 52.1 cm³/mol. The molecule has 0 aliphatic heterocycles. The molecule has 3 heteroatoms. The van der Waals surface area contributed by atoms with Crippen molar-refractivity contribution < 1.29 is 9.90 Å². The van der Waals surface area contributed by atoms with Crippen molar-refractivity contribution in [2.45, 2.75) is 44.9 Å². The van der Waals surface area contributed by atoms with E-state index in [0.717, 1.165) is 25.3 Å². The minimum absolute atomic E-state index is 0.315. The number of aliphatic carboxylic acids is 1. The smallest absolute Gasteiger partial charge is 0.309 e. The summed E-state index contributed by atoms with van der Waals surface area (Å²) in [6.45, 7) is 6.74. The fourth-order valence-corrected chi connectivity index (χ4v) is 4.62. The van der Waals surface area contributed by atoms with E-state index < -0.39 is 14.0 Å². The van der Waals surface area contributed by atoms with Crippen LogP contribution in [0.4, 0.5) is 0 Å². The summed E-state index contributed by atoms with van der Waals surface area (Å²) in [4.78, 5) is 11.0. The lowest BCUT2D eigenvalue weighted by Crippen LogP contribution is -2.43. The molecule has 0 amide bonds. The van der Waals surface area contributed by atoms with Crippen LogP contribution in [0, 0.1) is 5.41 Å². The van der Waals surface area contributed by atoms with Gasteiger partial charge in [0.15, 0.2) is 0 Å². The van der Waals surface area contributed by atoms with Gasteiger partial charge in [-0.15, -0.1) is 0 Å². The third kappa shape index (κ3) is 1.89. The van der Waals surface area contributed by atoms with Gasteiger partial charge in [-0.25, -0.2) is 0 Å². The zero-order valence-electron chi connectivity index (χ0n) is 8.18. The van der Waals surface area contributed by atoms with Crippen LogP contribution in [0.25, 0.3) is 0 Å². The maximum Gasteiger partial charge on any atom is 0.309 e. The number of carboxylic acid groups (broad SMARTS) is 1. The van der Waals surface area contributed by atoms with Crippen molar-refractivity contribution >= 4 is 14.0 Å². The minimum Gasteiger partial charge on any atom is -0.481 e. The van der Waals surface area contributed by atoms with Crippen LogP contribution in [-0.2, 0) is 4.79 Å². The topological polar surface area (TPSA) is 37.3 Å². The lowest BCUT2D eigenvalue weighted by atomic mass is 9.70. The van der Waals surface area contributed by atoms with Gasteiger partial charge in [-0.1, -0.05) is 26.1 Å². The standard InChI is InChI=1S/C9H18O2Si/c1-12(2,3)7-9(8(10)11)5-4-6-9/h4-7H2,1-3H3,(H,10,11). The normalized spacial score (nSPS) is 21.6. The first-order valence-electron chi connectivity index (χ1n) is 4.59. The summed E-state index contributed by atoms with van der Waals surface area (Å²) in [6.07, 6.45) is 2.93. The summed E-state index contributed by atoms with van der Waals surface area (Å²) in [6, 6.07) is 0.954. The third-order valence-electron chi connectivity index (χ3n) is 2.63. The molecule has 1 N–H and O–H groups in total. The van der Waals surface area contributed by atoms with Crippen molar-refractivity contribution in [1.82, 2.24) is 0 Å². The van der Waals surface area contributed by atoms with E-state index in [1.807, 2.05) is 0 Å². The fourth-order valence-electron chi connectivity index (χ4n) is 2.08. The highest BCUT2D eigenvalue weighted by molar-refractivity contribution is 6.76. The minimum atomic E-state index is -1.21. The second-order valence-corrected chi connectivity index (χ2v) is 10.7. The molecule has 0 unspecified atom stereocenters. The highest BCUT2D eigenvalue weighted by Gasteiger charge is 2.46. The first-order valence-corrected chi connectivity index (χ1v) is 8.30. The maximum atomic E-state index is 11.0. The number of rotatable bonds is 3. The summed E-state index contributed by atoms with van der Waals surface area (Å²) < 4.78 is 0. The van der Waals surface area contributed by atoms with Gasteiger partial charge in [0.05, 0.1) is 5.41 Å². The predicted octanol–water partition coefficient (Wildman–Crippen LogP) is 2.58. The van der Waals surface area contributed by atoms with Crippen LogP contribution in [0.15, 0.2) is 0 Å². The molecule has 0 heterocycles. The third-order valence-corrected chi connectivity index (χ3v) is 4.37. The molecule has 0 aromatic rings. The highest BCUT2D eigenvalue weighted by Crippen LogP contribution is 2.47. The van der Waals surface area contributed by atoms with Crippen molar-refractivity contribution in [3.63, 3.8) is 0 Å². The fraction of sp³-hybridized carbons (Fsp3) is 0.889. The zero-order valence-corrected chi connectivity index (χ0v) is 9.18. The Morgan fingerprint density at radius 2 is 1.92 bits per heavy atom. The van der Waals surface area contributed by atoms with Gasteiger partial charge in [0.25, 0.3) is 0 Å². The Bertz CT molecular complexity index is 189. The maximum absolute atomic E-state index is 11.0. The van der Waals surface area contributed by atoms with Crippen molar-refractivity contribution in [2.24, 2.45) is 5.41 Å². The van der Waals surface area contributed by atoms with E-state index in [4.69, 9.17) is 5.11 Å². The molecule has 0 radical (unpaired) electrons. The van der Waals surface area contributed by atoms with Gasteiger partial charge >= 0.3 is 5.97 Å². The average Bonchev–Trinajstić information content (AvgIpc) is 1.75. The van der Waals surface area contributed by atoms with Crippen LogP contribution in [0.3, 0.4) is 0 Å². The van der Waals surface area contributed by atoms with Crippen LogP contribution in [0.5, 0.6) is 0 Å². The molecule has 1 fully saturated rings. The van der Waals surface area contributed by atoms with E-state index in [2.05, 4.69) is 19.6 Å². The summed E-state index contributed by atoms with van der Waals surface area (Å²) in [7, 11) is -1.21. The van der Waals surface area contributed by atoms with E-state index in [9.17, 15) is 4.79 Å². The molecule has 70 valence electrons. The quantitative estimate of drug-likeness (QED) is 0.688. The van der Waals surface area contributed by atoms with E-state index in [-0.39, 0.29) is 5.41 Å². The van der Waals surface area contributed by atoms with Crippen molar-refractivity contribution in [2.75, 3.05) is 0 Å². The molecule has 0 aromatic heterocycles. The Morgan fingerprint density at radius 1 is 1.42 bits per heavy atom. The second-order valence-electron chi connectivity index (χ2n) is 5.18. The number of hydrogen-bond acceptors (Lipinski definition) is 1. The molecule has 0 bridgehead atoms. The lowest BCUT2D eigenvalue weighted by molar-refractivity contribution is -0.152. The van der Waals surface area contributed by atoms with Crippen LogP contribution in [0.1, 0.15) is 19.3 Å². The Morgan fingerprint density at radius 3 is 2.00 bits per heavy atom. The van der Waals surface area contributed by atoms with E-state index >= 15 is 0 Å². The molecular weight excluding hydrogens is 168 g/mol. The average molecular weight is 186 g/mol. The molecule has 1 aliphatic rings. The van der Waals surface area contributed by atoms with Crippen LogP contribution >= 0.6 is 0 Å². The Labute approximate surface area is 75.0 Å². The second kappa shape index (κ2) is 2.87. The largest absolute Gasteiger partial charge is 0.481 e. The Hall–Kier alpha value is -0.313. The van der Waals surface area contributed by atoms with Gasteiger partial charge in [0.1, 0.15) is 0 Å². The summed E-state index contributed by atoms with van der Waals surface area (Å²) in [5.74, 6) is -0.559. The Kier molecular flexibility index (Phi) is 2.34. The molecule has 12 heavy (non-hydrogen) atoms. The van der Waals surface area contributed by atoms with E-state index in [1.165, 1.54) is 0 Å². The number of hydrogen-bond donors (Lipinski definition) is 1.